The zero-order chi connectivity index (χ0) is 10.7. The fourth-order valence-corrected chi connectivity index (χ4v) is 2.88. The molecule has 0 saturated heterocycles. The molecular weight excluding hydrogens is 170 g/mol. The predicted octanol–water partition coefficient (Wildman–Crippen LogP) is 3.43. The molecule has 5 unspecified atom stereocenters. The molecule has 14 heavy (non-hydrogen) atoms. The molecule has 1 fully saturated rings. The molecular formula is C13H27N. The van der Waals surface area contributed by atoms with Gasteiger partial charge in [-0.2, -0.15) is 0 Å². The Hall–Kier alpha value is -0.0400. The number of rotatable bonds is 3. The highest BCUT2D eigenvalue weighted by molar-refractivity contribution is 4.79. The minimum atomic E-state index is 0.375. The normalized spacial score (nSPS) is 37.9. The summed E-state index contributed by atoms with van der Waals surface area (Å²) in [6.07, 6.45) is 5.48. The summed E-state index contributed by atoms with van der Waals surface area (Å²) < 4.78 is 0. The van der Waals surface area contributed by atoms with Crippen molar-refractivity contribution in [3.8, 4) is 0 Å². The van der Waals surface area contributed by atoms with E-state index in [0.717, 1.165) is 23.7 Å². The van der Waals surface area contributed by atoms with E-state index in [4.69, 9.17) is 5.73 Å². The Morgan fingerprint density at radius 1 is 1.14 bits per heavy atom. The second-order valence-electron chi connectivity index (χ2n) is 5.72. The summed E-state index contributed by atoms with van der Waals surface area (Å²) in [4.78, 5) is 0. The van der Waals surface area contributed by atoms with E-state index in [1.165, 1.54) is 25.7 Å². The summed E-state index contributed by atoms with van der Waals surface area (Å²) in [5, 5.41) is 0. The van der Waals surface area contributed by atoms with Gasteiger partial charge in [0.15, 0.2) is 0 Å². The SMILES string of the molecule is CC(N)CC(C)C1CCC(C)C(C)C1. The highest BCUT2D eigenvalue weighted by Gasteiger charge is 2.28. The van der Waals surface area contributed by atoms with Crippen LogP contribution in [0.3, 0.4) is 0 Å². The minimum absolute atomic E-state index is 0.375. The first kappa shape index (κ1) is 12.0. The monoisotopic (exact) mass is 197 g/mol. The van der Waals surface area contributed by atoms with Gasteiger partial charge in [-0.1, -0.05) is 27.2 Å². The first-order valence-electron chi connectivity index (χ1n) is 6.26. The molecule has 0 spiro atoms. The molecule has 0 aliphatic heterocycles. The zero-order valence-electron chi connectivity index (χ0n) is 10.3. The Morgan fingerprint density at radius 2 is 1.79 bits per heavy atom. The predicted molar refractivity (Wildman–Crippen MR) is 63.1 cm³/mol. The van der Waals surface area contributed by atoms with Gasteiger partial charge in [0.2, 0.25) is 0 Å². The summed E-state index contributed by atoms with van der Waals surface area (Å²) in [5.41, 5.74) is 5.86. The van der Waals surface area contributed by atoms with Crippen LogP contribution in [0.25, 0.3) is 0 Å². The Bertz CT molecular complexity index is 165. The van der Waals surface area contributed by atoms with Crippen LogP contribution in [-0.4, -0.2) is 6.04 Å². The smallest absolute Gasteiger partial charge is 0.00131 e. The maximum absolute atomic E-state index is 5.86. The molecule has 1 rings (SSSR count). The molecule has 2 N–H and O–H groups in total. The lowest BCUT2D eigenvalue weighted by Gasteiger charge is -2.36. The molecule has 0 aromatic carbocycles. The molecule has 0 bridgehead atoms. The van der Waals surface area contributed by atoms with Crippen molar-refractivity contribution in [3.63, 3.8) is 0 Å². The van der Waals surface area contributed by atoms with E-state index in [1.54, 1.807) is 0 Å². The molecule has 1 heteroatoms. The third-order valence-electron chi connectivity index (χ3n) is 4.19. The Morgan fingerprint density at radius 3 is 2.29 bits per heavy atom. The summed E-state index contributed by atoms with van der Waals surface area (Å²) in [5.74, 6) is 3.62. The number of hydrogen-bond acceptors (Lipinski definition) is 1. The first-order chi connectivity index (χ1) is 6.50. The molecule has 1 saturated carbocycles. The van der Waals surface area contributed by atoms with Crippen molar-refractivity contribution >= 4 is 0 Å². The molecule has 0 heterocycles. The number of nitrogens with two attached hydrogens (primary N) is 1. The molecule has 0 amide bonds. The summed E-state index contributed by atoms with van der Waals surface area (Å²) >= 11 is 0. The van der Waals surface area contributed by atoms with Crippen LogP contribution in [0.5, 0.6) is 0 Å². The Kier molecular flexibility index (Phi) is 4.43. The Labute approximate surface area is 89.5 Å². The lowest BCUT2D eigenvalue weighted by molar-refractivity contribution is 0.155. The molecule has 1 aliphatic carbocycles. The molecule has 0 aromatic rings. The lowest BCUT2D eigenvalue weighted by Crippen LogP contribution is -2.28. The quantitative estimate of drug-likeness (QED) is 0.737. The summed E-state index contributed by atoms with van der Waals surface area (Å²) in [6, 6.07) is 0.375. The van der Waals surface area contributed by atoms with Gasteiger partial charge in [0.25, 0.3) is 0 Å². The Balaban J connectivity index is 2.38. The van der Waals surface area contributed by atoms with Crippen molar-refractivity contribution in [2.75, 3.05) is 0 Å². The van der Waals surface area contributed by atoms with Gasteiger partial charge in [0.05, 0.1) is 0 Å². The van der Waals surface area contributed by atoms with Crippen LogP contribution in [0.1, 0.15) is 53.4 Å². The second kappa shape index (κ2) is 5.16. The van der Waals surface area contributed by atoms with Crippen LogP contribution < -0.4 is 5.73 Å². The summed E-state index contributed by atoms with van der Waals surface area (Å²) in [7, 11) is 0. The van der Waals surface area contributed by atoms with Gasteiger partial charge in [0.1, 0.15) is 0 Å². The highest BCUT2D eigenvalue weighted by atomic mass is 14.6. The van der Waals surface area contributed by atoms with Crippen molar-refractivity contribution in [2.45, 2.75) is 59.4 Å². The zero-order valence-corrected chi connectivity index (χ0v) is 10.3. The molecule has 0 aromatic heterocycles. The average Bonchev–Trinajstić information content (AvgIpc) is 2.08. The van der Waals surface area contributed by atoms with Crippen LogP contribution in [0.15, 0.2) is 0 Å². The third kappa shape index (κ3) is 3.27. The number of hydrogen-bond donors (Lipinski definition) is 1. The van der Waals surface area contributed by atoms with Crippen LogP contribution >= 0.6 is 0 Å². The fraction of sp³-hybridized carbons (Fsp3) is 1.00. The average molecular weight is 197 g/mol. The van der Waals surface area contributed by atoms with Crippen molar-refractivity contribution in [1.82, 2.24) is 0 Å². The maximum Gasteiger partial charge on any atom is 0.00131 e. The van der Waals surface area contributed by atoms with Gasteiger partial charge in [-0.25, -0.2) is 0 Å². The van der Waals surface area contributed by atoms with Gasteiger partial charge < -0.3 is 5.73 Å². The van der Waals surface area contributed by atoms with Gasteiger partial charge in [-0.05, 0) is 49.9 Å². The van der Waals surface area contributed by atoms with Crippen LogP contribution in [-0.2, 0) is 0 Å². The molecule has 5 atom stereocenters. The van der Waals surface area contributed by atoms with Gasteiger partial charge in [0, 0.05) is 6.04 Å². The van der Waals surface area contributed by atoms with Crippen molar-refractivity contribution in [2.24, 2.45) is 29.4 Å². The van der Waals surface area contributed by atoms with Crippen LogP contribution in [0.2, 0.25) is 0 Å². The fourth-order valence-electron chi connectivity index (χ4n) is 2.88. The minimum Gasteiger partial charge on any atom is -0.328 e. The van der Waals surface area contributed by atoms with E-state index in [9.17, 15) is 0 Å². The van der Waals surface area contributed by atoms with Crippen molar-refractivity contribution in [3.05, 3.63) is 0 Å². The van der Waals surface area contributed by atoms with Crippen LogP contribution in [0, 0.1) is 23.7 Å². The van der Waals surface area contributed by atoms with E-state index in [2.05, 4.69) is 27.7 Å². The molecule has 0 radical (unpaired) electrons. The third-order valence-corrected chi connectivity index (χ3v) is 4.19. The highest BCUT2D eigenvalue weighted by Crippen LogP contribution is 2.38. The molecule has 1 aliphatic rings. The largest absolute Gasteiger partial charge is 0.328 e. The van der Waals surface area contributed by atoms with E-state index < -0.39 is 0 Å². The van der Waals surface area contributed by atoms with Gasteiger partial charge in [-0.3, -0.25) is 0 Å². The summed E-state index contributed by atoms with van der Waals surface area (Å²) in [6.45, 7) is 9.33. The lowest BCUT2D eigenvalue weighted by atomic mass is 9.70. The van der Waals surface area contributed by atoms with E-state index in [1.807, 2.05) is 0 Å². The van der Waals surface area contributed by atoms with Crippen molar-refractivity contribution < 1.29 is 0 Å². The maximum atomic E-state index is 5.86. The van der Waals surface area contributed by atoms with E-state index in [0.29, 0.717) is 6.04 Å². The standard InChI is InChI=1S/C13H27N/c1-9-5-6-13(8-10(9)2)11(3)7-12(4)14/h9-13H,5-8,14H2,1-4H3. The van der Waals surface area contributed by atoms with Crippen molar-refractivity contribution in [1.29, 1.82) is 0 Å². The first-order valence-corrected chi connectivity index (χ1v) is 6.26. The molecule has 84 valence electrons. The second-order valence-corrected chi connectivity index (χ2v) is 5.72. The topological polar surface area (TPSA) is 26.0 Å². The van der Waals surface area contributed by atoms with E-state index >= 15 is 0 Å². The van der Waals surface area contributed by atoms with Gasteiger partial charge >= 0.3 is 0 Å². The van der Waals surface area contributed by atoms with Crippen LogP contribution in [0.4, 0.5) is 0 Å². The molecule has 1 nitrogen and oxygen atoms in total. The van der Waals surface area contributed by atoms with E-state index in [-0.39, 0.29) is 0 Å². The van der Waals surface area contributed by atoms with Gasteiger partial charge in [-0.15, -0.1) is 0 Å².